The Morgan fingerprint density at radius 1 is 1.64 bits per heavy atom. The summed E-state index contributed by atoms with van der Waals surface area (Å²) in [6, 6.07) is 0. The van der Waals surface area contributed by atoms with Crippen LogP contribution in [0.15, 0.2) is 0 Å². The molecule has 0 aromatic heterocycles. The maximum atomic E-state index is 10.1. The molecule has 3 nitrogen and oxygen atoms in total. The third kappa shape index (κ3) is 2.50. The molecule has 0 heterocycles. The van der Waals surface area contributed by atoms with Gasteiger partial charge in [0.05, 0.1) is 6.54 Å². The minimum Gasteiger partial charge on any atom is -0.480 e. The summed E-state index contributed by atoms with van der Waals surface area (Å²) < 4.78 is 0. The summed E-state index contributed by atoms with van der Waals surface area (Å²) in [5.41, 5.74) is 0.454. The smallest absolute Gasteiger partial charge is 0.317 e. The second-order valence-electron chi connectivity index (χ2n) is 3.35. The fourth-order valence-electron chi connectivity index (χ4n) is 1.27. The SMILES string of the molecule is CCC1(CNCC(=O)O)CC1. The van der Waals surface area contributed by atoms with Gasteiger partial charge < -0.3 is 10.4 Å². The molecule has 0 aromatic carbocycles. The van der Waals surface area contributed by atoms with Gasteiger partial charge >= 0.3 is 5.97 Å². The van der Waals surface area contributed by atoms with Crippen LogP contribution in [0.1, 0.15) is 26.2 Å². The van der Waals surface area contributed by atoms with Gasteiger partial charge in [-0.15, -0.1) is 0 Å². The molecule has 0 radical (unpaired) electrons. The largest absolute Gasteiger partial charge is 0.480 e. The number of carboxylic acid groups (broad SMARTS) is 1. The van der Waals surface area contributed by atoms with Gasteiger partial charge in [-0.25, -0.2) is 0 Å². The molecule has 1 aliphatic rings. The highest BCUT2D eigenvalue weighted by Crippen LogP contribution is 2.47. The Morgan fingerprint density at radius 3 is 2.64 bits per heavy atom. The number of carbonyl (C=O) groups is 1. The number of nitrogens with one attached hydrogen (secondary N) is 1. The molecule has 0 saturated heterocycles. The van der Waals surface area contributed by atoms with Crippen molar-refractivity contribution in [3.63, 3.8) is 0 Å². The van der Waals surface area contributed by atoms with E-state index in [1.807, 2.05) is 0 Å². The number of hydrogen-bond donors (Lipinski definition) is 2. The van der Waals surface area contributed by atoms with Gasteiger partial charge in [-0.1, -0.05) is 6.92 Å². The second kappa shape index (κ2) is 3.22. The van der Waals surface area contributed by atoms with Crippen molar-refractivity contribution >= 4 is 5.97 Å². The van der Waals surface area contributed by atoms with Crippen LogP contribution in [0.4, 0.5) is 0 Å². The molecule has 1 aliphatic carbocycles. The molecular weight excluding hydrogens is 142 g/mol. The first-order valence-corrected chi connectivity index (χ1v) is 4.11. The van der Waals surface area contributed by atoms with E-state index in [1.54, 1.807) is 0 Å². The Morgan fingerprint density at radius 2 is 2.27 bits per heavy atom. The van der Waals surface area contributed by atoms with Gasteiger partial charge in [0, 0.05) is 6.54 Å². The zero-order valence-corrected chi connectivity index (χ0v) is 6.89. The predicted molar refractivity (Wildman–Crippen MR) is 42.5 cm³/mol. The van der Waals surface area contributed by atoms with Crippen molar-refractivity contribution in [3.05, 3.63) is 0 Å². The van der Waals surface area contributed by atoms with E-state index in [0.717, 1.165) is 6.54 Å². The van der Waals surface area contributed by atoms with Crippen LogP contribution in [0.2, 0.25) is 0 Å². The monoisotopic (exact) mass is 157 g/mol. The fourth-order valence-corrected chi connectivity index (χ4v) is 1.27. The highest BCUT2D eigenvalue weighted by molar-refractivity contribution is 5.68. The molecule has 11 heavy (non-hydrogen) atoms. The zero-order chi connectivity index (χ0) is 8.32. The van der Waals surface area contributed by atoms with Crippen LogP contribution < -0.4 is 5.32 Å². The number of carboxylic acids is 1. The van der Waals surface area contributed by atoms with E-state index in [1.165, 1.54) is 19.3 Å². The molecule has 1 fully saturated rings. The summed E-state index contributed by atoms with van der Waals surface area (Å²) in [6.07, 6.45) is 3.69. The fraction of sp³-hybridized carbons (Fsp3) is 0.875. The Bertz CT molecular complexity index is 152. The summed E-state index contributed by atoms with van der Waals surface area (Å²) in [6.45, 7) is 3.13. The van der Waals surface area contributed by atoms with E-state index < -0.39 is 5.97 Å². The van der Waals surface area contributed by atoms with Gasteiger partial charge in [0.2, 0.25) is 0 Å². The number of rotatable bonds is 5. The van der Waals surface area contributed by atoms with Crippen molar-refractivity contribution in [2.24, 2.45) is 5.41 Å². The molecule has 3 heteroatoms. The third-order valence-electron chi connectivity index (χ3n) is 2.48. The Balaban J connectivity index is 2.07. The topological polar surface area (TPSA) is 49.3 Å². The Labute approximate surface area is 66.8 Å². The van der Waals surface area contributed by atoms with Gasteiger partial charge in [-0.05, 0) is 24.7 Å². The zero-order valence-electron chi connectivity index (χ0n) is 6.89. The summed E-state index contributed by atoms with van der Waals surface area (Å²) in [5, 5.41) is 11.3. The van der Waals surface area contributed by atoms with E-state index in [-0.39, 0.29) is 6.54 Å². The van der Waals surface area contributed by atoms with E-state index in [9.17, 15) is 4.79 Å². The van der Waals surface area contributed by atoms with Gasteiger partial charge in [0.25, 0.3) is 0 Å². The predicted octanol–water partition coefficient (Wildman–Crippen LogP) is 0.851. The summed E-state index contributed by atoms with van der Waals surface area (Å²) in [5.74, 6) is -0.767. The van der Waals surface area contributed by atoms with Crippen LogP contribution >= 0.6 is 0 Å². The van der Waals surface area contributed by atoms with Gasteiger partial charge in [0.15, 0.2) is 0 Å². The van der Waals surface area contributed by atoms with E-state index in [2.05, 4.69) is 12.2 Å². The molecule has 0 aliphatic heterocycles. The van der Waals surface area contributed by atoms with Crippen molar-refractivity contribution in [1.82, 2.24) is 5.32 Å². The quantitative estimate of drug-likeness (QED) is 0.622. The van der Waals surface area contributed by atoms with Crippen LogP contribution in [0.25, 0.3) is 0 Å². The van der Waals surface area contributed by atoms with Gasteiger partial charge in [0.1, 0.15) is 0 Å². The first-order chi connectivity index (χ1) is 5.18. The highest BCUT2D eigenvalue weighted by Gasteiger charge is 2.39. The molecule has 0 unspecified atom stereocenters. The van der Waals surface area contributed by atoms with Crippen molar-refractivity contribution in [2.75, 3.05) is 13.1 Å². The van der Waals surface area contributed by atoms with E-state index in [4.69, 9.17) is 5.11 Å². The van der Waals surface area contributed by atoms with Gasteiger partial charge in [-0.3, -0.25) is 4.79 Å². The van der Waals surface area contributed by atoms with Crippen molar-refractivity contribution in [3.8, 4) is 0 Å². The van der Waals surface area contributed by atoms with Crippen LogP contribution in [-0.2, 0) is 4.79 Å². The molecule has 0 atom stereocenters. The molecule has 2 N–H and O–H groups in total. The Hall–Kier alpha value is -0.570. The van der Waals surface area contributed by atoms with Crippen molar-refractivity contribution in [1.29, 1.82) is 0 Å². The highest BCUT2D eigenvalue weighted by atomic mass is 16.4. The van der Waals surface area contributed by atoms with Gasteiger partial charge in [-0.2, -0.15) is 0 Å². The van der Waals surface area contributed by atoms with Crippen molar-refractivity contribution < 1.29 is 9.90 Å². The molecule has 0 bridgehead atoms. The third-order valence-corrected chi connectivity index (χ3v) is 2.48. The lowest BCUT2D eigenvalue weighted by Gasteiger charge is -2.11. The van der Waals surface area contributed by atoms with Crippen LogP contribution in [0, 0.1) is 5.41 Å². The van der Waals surface area contributed by atoms with Crippen LogP contribution in [-0.4, -0.2) is 24.2 Å². The second-order valence-corrected chi connectivity index (χ2v) is 3.35. The minimum absolute atomic E-state index is 0.0990. The average molecular weight is 157 g/mol. The lowest BCUT2D eigenvalue weighted by Crippen LogP contribution is -2.28. The molecule has 1 rings (SSSR count). The van der Waals surface area contributed by atoms with Crippen molar-refractivity contribution in [2.45, 2.75) is 26.2 Å². The first kappa shape index (κ1) is 8.53. The molecule has 0 spiro atoms. The maximum absolute atomic E-state index is 10.1. The summed E-state index contributed by atoms with van der Waals surface area (Å²) in [7, 11) is 0. The van der Waals surface area contributed by atoms with Crippen LogP contribution in [0.5, 0.6) is 0 Å². The van der Waals surface area contributed by atoms with E-state index in [0.29, 0.717) is 5.41 Å². The molecular formula is C8H15NO2. The minimum atomic E-state index is -0.767. The Kier molecular flexibility index (Phi) is 2.49. The normalized spacial score (nSPS) is 19.7. The van der Waals surface area contributed by atoms with E-state index >= 15 is 0 Å². The first-order valence-electron chi connectivity index (χ1n) is 4.11. The molecule has 1 saturated carbocycles. The van der Waals surface area contributed by atoms with Crippen LogP contribution in [0.3, 0.4) is 0 Å². The summed E-state index contributed by atoms with van der Waals surface area (Å²) in [4.78, 5) is 10.1. The lowest BCUT2D eigenvalue weighted by atomic mass is 10.0. The maximum Gasteiger partial charge on any atom is 0.317 e. The number of hydrogen-bond acceptors (Lipinski definition) is 2. The number of aliphatic carboxylic acids is 1. The molecule has 0 amide bonds. The molecule has 0 aromatic rings. The summed E-state index contributed by atoms with van der Waals surface area (Å²) >= 11 is 0. The standard InChI is InChI=1S/C8H15NO2/c1-2-8(3-4-8)6-9-5-7(10)11/h9H,2-6H2,1H3,(H,10,11). The average Bonchev–Trinajstić information content (AvgIpc) is 2.69. The molecule has 64 valence electrons. The lowest BCUT2D eigenvalue weighted by molar-refractivity contribution is -0.136.